The lowest BCUT2D eigenvalue weighted by molar-refractivity contribution is -0.116. The molecule has 7 heteroatoms. The van der Waals surface area contributed by atoms with Crippen LogP contribution in [0.25, 0.3) is 5.69 Å². The second kappa shape index (κ2) is 9.16. The van der Waals surface area contributed by atoms with E-state index in [2.05, 4.69) is 27.6 Å². The van der Waals surface area contributed by atoms with Gasteiger partial charge in [-0.05, 0) is 32.9 Å². The predicted molar refractivity (Wildman–Crippen MR) is 107 cm³/mol. The fourth-order valence-electron chi connectivity index (χ4n) is 3.31. The van der Waals surface area contributed by atoms with E-state index in [1.807, 2.05) is 48.9 Å². The van der Waals surface area contributed by atoms with Gasteiger partial charge in [-0.3, -0.25) is 9.69 Å². The Hall–Kier alpha value is -1.89. The Morgan fingerprint density at radius 3 is 2.73 bits per heavy atom. The van der Waals surface area contributed by atoms with Crippen molar-refractivity contribution >= 4 is 24.0 Å². The van der Waals surface area contributed by atoms with Gasteiger partial charge in [0, 0.05) is 38.6 Å². The molecular formula is C19H28ClN5O. The molecule has 26 heavy (non-hydrogen) atoms. The number of carbonyl (C=O) groups is 1. The third-order valence-electron chi connectivity index (χ3n) is 4.82. The Kier molecular flexibility index (Phi) is 7.20. The molecule has 0 spiro atoms. The molecule has 1 fully saturated rings. The van der Waals surface area contributed by atoms with E-state index in [0.717, 1.165) is 48.9 Å². The number of nitrogens with one attached hydrogen (secondary N) is 2. The number of nitrogens with zero attached hydrogens (tertiary/aromatic N) is 3. The van der Waals surface area contributed by atoms with Crippen molar-refractivity contribution < 1.29 is 4.79 Å². The first-order chi connectivity index (χ1) is 12.1. The molecule has 1 aliphatic rings. The van der Waals surface area contributed by atoms with Crippen LogP contribution >= 0.6 is 12.4 Å². The third kappa shape index (κ3) is 4.63. The number of halogens is 1. The van der Waals surface area contributed by atoms with Gasteiger partial charge in [0.2, 0.25) is 5.91 Å². The van der Waals surface area contributed by atoms with Crippen molar-refractivity contribution in [2.24, 2.45) is 0 Å². The van der Waals surface area contributed by atoms with Crippen LogP contribution in [0.5, 0.6) is 0 Å². The van der Waals surface area contributed by atoms with E-state index in [1.54, 1.807) is 0 Å². The van der Waals surface area contributed by atoms with Crippen LogP contribution in [-0.4, -0.2) is 52.8 Å². The van der Waals surface area contributed by atoms with Crippen LogP contribution in [0.2, 0.25) is 0 Å². The number of carbonyl (C=O) groups excluding carboxylic acids is 1. The Balaban J connectivity index is 0.00000243. The van der Waals surface area contributed by atoms with E-state index in [-0.39, 0.29) is 18.3 Å². The lowest BCUT2D eigenvalue weighted by Crippen LogP contribution is -2.50. The molecule has 1 aromatic carbocycles. The summed E-state index contributed by atoms with van der Waals surface area (Å²) in [7, 11) is 0. The molecule has 0 bridgehead atoms. The Bertz CT molecular complexity index is 731. The summed E-state index contributed by atoms with van der Waals surface area (Å²) in [6.07, 6.45) is 0.500. The zero-order chi connectivity index (χ0) is 17.8. The van der Waals surface area contributed by atoms with Gasteiger partial charge >= 0.3 is 0 Å². The monoisotopic (exact) mass is 377 g/mol. The third-order valence-corrected chi connectivity index (χ3v) is 4.82. The van der Waals surface area contributed by atoms with Crippen molar-refractivity contribution in [3.63, 3.8) is 0 Å². The van der Waals surface area contributed by atoms with Crippen molar-refractivity contribution in [3.05, 3.63) is 41.7 Å². The molecule has 1 amide bonds. The van der Waals surface area contributed by atoms with Gasteiger partial charge in [0.1, 0.15) is 0 Å². The number of benzene rings is 1. The van der Waals surface area contributed by atoms with E-state index in [1.165, 1.54) is 0 Å². The molecule has 142 valence electrons. The van der Waals surface area contributed by atoms with Gasteiger partial charge in [-0.15, -0.1) is 12.4 Å². The van der Waals surface area contributed by atoms with Crippen LogP contribution in [0, 0.1) is 13.8 Å². The second-order valence-electron chi connectivity index (χ2n) is 6.68. The summed E-state index contributed by atoms with van der Waals surface area (Å²) in [6.45, 7) is 9.89. The summed E-state index contributed by atoms with van der Waals surface area (Å²) in [5, 5.41) is 11.0. The first-order valence-electron chi connectivity index (χ1n) is 8.92. The highest BCUT2D eigenvalue weighted by Gasteiger charge is 2.19. The van der Waals surface area contributed by atoms with Gasteiger partial charge in [0.25, 0.3) is 0 Å². The summed E-state index contributed by atoms with van der Waals surface area (Å²) in [6, 6.07) is 10.4. The van der Waals surface area contributed by atoms with Gasteiger partial charge in [-0.2, -0.15) is 5.10 Å². The number of para-hydroxylation sites is 1. The van der Waals surface area contributed by atoms with Crippen molar-refractivity contribution in [3.8, 4) is 5.69 Å². The number of aryl methyl sites for hydroxylation is 1. The standard InChI is InChI=1S/C19H27N5O.ClH/c1-14-13-20-10-12-23(14)11-9-18(25)21-19-15(2)22-24(16(19)3)17-7-5-4-6-8-17;/h4-8,14,20H,9-13H2,1-3H3,(H,21,25);1H/t14-;/m0./s1. The molecular weight excluding hydrogens is 350 g/mol. The van der Waals surface area contributed by atoms with Crippen molar-refractivity contribution in [2.75, 3.05) is 31.5 Å². The van der Waals surface area contributed by atoms with Crippen LogP contribution in [-0.2, 0) is 4.79 Å². The van der Waals surface area contributed by atoms with Crippen molar-refractivity contribution in [1.29, 1.82) is 0 Å². The number of amides is 1. The van der Waals surface area contributed by atoms with Gasteiger partial charge in [-0.1, -0.05) is 18.2 Å². The highest BCUT2D eigenvalue weighted by molar-refractivity contribution is 5.92. The Morgan fingerprint density at radius 2 is 2.04 bits per heavy atom. The zero-order valence-corrected chi connectivity index (χ0v) is 16.5. The summed E-state index contributed by atoms with van der Waals surface area (Å²) in [5.74, 6) is 0.0459. The van der Waals surface area contributed by atoms with E-state index < -0.39 is 0 Å². The maximum atomic E-state index is 12.4. The number of hydrogen-bond donors (Lipinski definition) is 2. The maximum absolute atomic E-state index is 12.4. The minimum absolute atomic E-state index is 0. The largest absolute Gasteiger partial charge is 0.323 e. The molecule has 3 rings (SSSR count). The first kappa shape index (κ1) is 20.4. The molecule has 2 N–H and O–H groups in total. The topological polar surface area (TPSA) is 62.2 Å². The average molecular weight is 378 g/mol. The van der Waals surface area contributed by atoms with Gasteiger partial charge in [0.05, 0.1) is 22.8 Å². The van der Waals surface area contributed by atoms with Gasteiger partial charge in [-0.25, -0.2) is 4.68 Å². The highest BCUT2D eigenvalue weighted by atomic mass is 35.5. The molecule has 1 aliphatic heterocycles. The molecule has 1 aromatic heterocycles. The molecule has 0 radical (unpaired) electrons. The minimum Gasteiger partial charge on any atom is -0.323 e. The number of aromatic nitrogens is 2. The quantitative estimate of drug-likeness (QED) is 0.840. The predicted octanol–water partition coefficient (Wildman–Crippen LogP) is 2.53. The van der Waals surface area contributed by atoms with Crippen molar-refractivity contribution in [1.82, 2.24) is 20.0 Å². The molecule has 1 atom stereocenters. The minimum atomic E-state index is 0. The Labute approximate surface area is 161 Å². The number of piperazine rings is 1. The van der Waals surface area contributed by atoms with E-state index >= 15 is 0 Å². The average Bonchev–Trinajstić information content (AvgIpc) is 2.90. The van der Waals surface area contributed by atoms with Crippen LogP contribution in [0.4, 0.5) is 5.69 Å². The number of hydrogen-bond acceptors (Lipinski definition) is 4. The second-order valence-corrected chi connectivity index (χ2v) is 6.68. The van der Waals surface area contributed by atoms with Crippen molar-refractivity contribution in [2.45, 2.75) is 33.2 Å². The SMILES string of the molecule is Cc1nn(-c2ccccc2)c(C)c1NC(=O)CCN1CCNC[C@@H]1C.Cl. The van der Waals surface area contributed by atoms with E-state index in [4.69, 9.17) is 0 Å². The molecule has 0 saturated carbocycles. The Morgan fingerprint density at radius 1 is 1.31 bits per heavy atom. The molecule has 0 aliphatic carbocycles. The first-order valence-corrected chi connectivity index (χ1v) is 8.92. The molecule has 6 nitrogen and oxygen atoms in total. The molecule has 2 heterocycles. The summed E-state index contributed by atoms with van der Waals surface area (Å²) in [5.41, 5.74) is 3.61. The molecule has 2 aromatic rings. The lowest BCUT2D eigenvalue weighted by Gasteiger charge is -2.33. The number of anilines is 1. The summed E-state index contributed by atoms with van der Waals surface area (Å²) >= 11 is 0. The van der Waals surface area contributed by atoms with Crippen LogP contribution < -0.4 is 10.6 Å². The zero-order valence-electron chi connectivity index (χ0n) is 15.7. The molecule has 1 saturated heterocycles. The van der Waals surface area contributed by atoms with Gasteiger partial charge in [0.15, 0.2) is 0 Å². The smallest absolute Gasteiger partial charge is 0.225 e. The summed E-state index contributed by atoms with van der Waals surface area (Å²) in [4.78, 5) is 14.8. The fourth-order valence-corrected chi connectivity index (χ4v) is 3.31. The fraction of sp³-hybridized carbons (Fsp3) is 0.474. The maximum Gasteiger partial charge on any atom is 0.225 e. The number of rotatable bonds is 5. The van der Waals surface area contributed by atoms with E-state index in [9.17, 15) is 4.79 Å². The highest BCUT2D eigenvalue weighted by Crippen LogP contribution is 2.22. The van der Waals surface area contributed by atoms with Crippen LogP contribution in [0.15, 0.2) is 30.3 Å². The molecule has 0 unspecified atom stereocenters. The van der Waals surface area contributed by atoms with E-state index in [0.29, 0.717) is 12.5 Å². The van der Waals surface area contributed by atoms with Crippen LogP contribution in [0.1, 0.15) is 24.7 Å². The summed E-state index contributed by atoms with van der Waals surface area (Å²) < 4.78 is 1.88. The normalized spacial score (nSPS) is 17.6. The lowest BCUT2D eigenvalue weighted by atomic mass is 10.2. The van der Waals surface area contributed by atoms with Gasteiger partial charge < -0.3 is 10.6 Å². The van der Waals surface area contributed by atoms with Crippen LogP contribution in [0.3, 0.4) is 0 Å².